The van der Waals surface area contributed by atoms with Gasteiger partial charge in [0.15, 0.2) is 0 Å². The molecule has 3 nitrogen and oxygen atoms in total. The molecule has 1 aliphatic rings. The van der Waals surface area contributed by atoms with Crippen molar-refractivity contribution in [1.82, 2.24) is 5.32 Å². The van der Waals surface area contributed by atoms with Gasteiger partial charge in [-0.05, 0) is 25.3 Å². The molecule has 1 saturated carbocycles. The average Bonchev–Trinajstić information content (AvgIpc) is 2.64. The summed E-state index contributed by atoms with van der Waals surface area (Å²) in [6.45, 7) is 8.67. The van der Waals surface area contributed by atoms with Gasteiger partial charge in [-0.25, -0.2) is 0 Å². The number of ether oxygens (including phenoxy) is 1. The van der Waals surface area contributed by atoms with Crippen LogP contribution in [0.4, 0.5) is 0 Å². The summed E-state index contributed by atoms with van der Waals surface area (Å²) in [6, 6.07) is 2.62. The molecule has 0 aliphatic heterocycles. The molecule has 1 N–H and O–H groups in total. The van der Waals surface area contributed by atoms with Gasteiger partial charge < -0.3 is 14.5 Å². The molecule has 1 heterocycles. The largest absolute Gasteiger partial charge is 0.464 e. The highest BCUT2D eigenvalue weighted by molar-refractivity contribution is 5.20. The van der Waals surface area contributed by atoms with Crippen LogP contribution in [0.1, 0.15) is 56.6 Å². The molecule has 0 saturated heterocycles. The smallest absolute Gasteiger partial charge is 0.130 e. The van der Waals surface area contributed by atoms with Crippen LogP contribution in [0.15, 0.2) is 10.5 Å². The van der Waals surface area contributed by atoms with Crippen LogP contribution in [0, 0.1) is 12.8 Å². The fourth-order valence-electron chi connectivity index (χ4n) is 2.35. The van der Waals surface area contributed by atoms with Crippen molar-refractivity contribution in [3.63, 3.8) is 0 Å². The van der Waals surface area contributed by atoms with Crippen molar-refractivity contribution in [3.8, 4) is 0 Å². The molecule has 1 aromatic heterocycles. The summed E-state index contributed by atoms with van der Waals surface area (Å²) in [6.07, 6.45) is 5.41. The van der Waals surface area contributed by atoms with Crippen LogP contribution in [0.5, 0.6) is 0 Å². The Morgan fingerprint density at radius 1 is 1.42 bits per heavy atom. The third-order valence-corrected chi connectivity index (χ3v) is 3.91. The number of hydrogen-bond acceptors (Lipinski definition) is 3. The first-order valence-electron chi connectivity index (χ1n) is 7.54. The number of hydrogen-bond donors (Lipinski definition) is 1. The molecule has 1 fully saturated rings. The second-order valence-electron chi connectivity index (χ2n) is 5.97. The summed E-state index contributed by atoms with van der Waals surface area (Å²) >= 11 is 0. The standard InChI is InChI=1S/C16H27NO2/c1-12(2)17-10-15-9-16(19-13(15)3)11-18-8-7-14-5-4-6-14/h9,12,14,17H,4-8,10-11H2,1-3H3. The molecule has 0 aromatic carbocycles. The Labute approximate surface area is 116 Å². The summed E-state index contributed by atoms with van der Waals surface area (Å²) in [4.78, 5) is 0. The zero-order valence-electron chi connectivity index (χ0n) is 12.5. The lowest BCUT2D eigenvalue weighted by Gasteiger charge is -2.24. The minimum atomic E-state index is 0.497. The third kappa shape index (κ3) is 4.66. The number of rotatable bonds is 8. The van der Waals surface area contributed by atoms with Crippen molar-refractivity contribution in [2.75, 3.05) is 6.61 Å². The van der Waals surface area contributed by atoms with Crippen LogP contribution in [0.25, 0.3) is 0 Å². The van der Waals surface area contributed by atoms with E-state index in [1.807, 2.05) is 6.92 Å². The first kappa shape index (κ1) is 14.6. The average molecular weight is 265 g/mol. The summed E-state index contributed by atoms with van der Waals surface area (Å²) in [5.41, 5.74) is 1.24. The van der Waals surface area contributed by atoms with Gasteiger partial charge in [0.1, 0.15) is 18.1 Å². The van der Waals surface area contributed by atoms with Crippen LogP contribution in [0.3, 0.4) is 0 Å². The maximum absolute atomic E-state index is 5.73. The Kier molecular flexibility index (Phi) is 5.46. The van der Waals surface area contributed by atoms with Gasteiger partial charge in [0.25, 0.3) is 0 Å². The van der Waals surface area contributed by atoms with Crippen molar-refractivity contribution in [3.05, 3.63) is 23.2 Å². The Balaban J connectivity index is 1.69. The van der Waals surface area contributed by atoms with Gasteiger partial charge in [-0.15, -0.1) is 0 Å². The molecular formula is C16H27NO2. The molecule has 0 spiro atoms. The molecule has 0 unspecified atom stereocenters. The Morgan fingerprint density at radius 2 is 2.21 bits per heavy atom. The number of aryl methyl sites for hydroxylation is 1. The lowest BCUT2D eigenvalue weighted by molar-refractivity contribution is 0.0832. The van der Waals surface area contributed by atoms with Gasteiger partial charge in [-0.3, -0.25) is 0 Å². The van der Waals surface area contributed by atoms with Crippen molar-refractivity contribution < 1.29 is 9.15 Å². The van der Waals surface area contributed by atoms with E-state index in [-0.39, 0.29) is 0 Å². The van der Waals surface area contributed by atoms with E-state index in [1.165, 1.54) is 31.2 Å². The fraction of sp³-hybridized carbons (Fsp3) is 0.750. The van der Waals surface area contributed by atoms with Gasteiger partial charge in [0.2, 0.25) is 0 Å². The molecule has 108 valence electrons. The Hall–Kier alpha value is -0.800. The van der Waals surface area contributed by atoms with E-state index in [2.05, 4.69) is 25.2 Å². The van der Waals surface area contributed by atoms with Crippen molar-refractivity contribution in [2.24, 2.45) is 5.92 Å². The topological polar surface area (TPSA) is 34.4 Å². The highest BCUT2D eigenvalue weighted by Gasteiger charge is 2.16. The highest BCUT2D eigenvalue weighted by atomic mass is 16.5. The van der Waals surface area contributed by atoms with E-state index in [9.17, 15) is 0 Å². The normalized spacial score (nSPS) is 16.0. The van der Waals surface area contributed by atoms with Crippen LogP contribution in [-0.2, 0) is 17.9 Å². The van der Waals surface area contributed by atoms with Gasteiger partial charge >= 0.3 is 0 Å². The molecule has 1 aromatic rings. The number of nitrogens with one attached hydrogen (secondary N) is 1. The predicted molar refractivity (Wildman–Crippen MR) is 77.0 cm³/mol. The van der Waals surface area contributed by atoms with Gasteiger partial charge in [-0.2, -0.15) is 0 Å². The van der Waals surface area contributed by atoms with Gasteiger partial charge in [-0.1, -0.05) is 33.1 Å². The van der Waals surface area contributed by atoms with Crippen molar-refractivity contribution in [1.29, 1.82) is 0 Å². The molecule has 2 rings (SSSR count). The van der Waals surface area contributed by atoms with Gasteiger partial charge in [0, 0.05) is 24.8 Å². The van der Waals surface area contributed by atoms with Crippen molar-refractivity contribution >= 4 is 0 Å². The molecule has 3 heteroatoms. The van der Waals surface area contributed by atoms with Crippen molar-refractivity contribution in [2.45, 2.75) is 65.6 Å². The summed E-state index contributed by atoms with van der Waals surface area (Å²) in [5, 5.41) is 3.41. The maximum Gasteiger partial charge on any atom is 0.130 e. The SMILES string of the molecule is Cc1oc(COCCC2CCC2)cc1CNC(C)C. The van der Waals surface area contributed by atoms with Crippen LogP contribution in [0.2, 0.25) is 0 Å². The minimum absolute atomic E-state index is 0.497. The Bertz CT molecular complexity index is 380. The molecule has 0 radical (unpaired) electrons. The van der Waals surface area contributed by atoms with Crippen LogP contribution < -0.4 is 5.32 Å². The summed E-state index contributed by atoms with van der Waals surface area (Å²) < 4.78 is 11.4. The van der Waals surface area contributed by atoms with E-state index >= 15 is 0 Å². The van der Waals surface area contributed by atoms with Gasteiger partial charge in [0.05, 0.1) is 0 Å². The first-order valence-corrected chi connectivity index (χ1v) is 7.54. The molecular weight excluding hydrogens is 238 g/mol. The second-order valence-corrected chi connectivity index (χ2v) is 5.97. The van der Waals surface area contributed by atoms with E-state index in [0.29, 0.717) is 12.6 Å². The lowest BCUT2D eigenvalue weighted by atomic mass is 9.83. The molecule has 0 atom stereocenters. The number of furan rings is 1. The van der Waals surface area contributed by atoms with Crippen LogP contribution >= 0.6 is 0 Å². The monoisotopic (exact) mass is 265 g/mol. The minimum Gasteiger partial charge on any atom is -0.464 e. The lowest BCUT2D eigenvalue weighted by Crippen LogP contribution is -2.21. The maximum atomic E-state index is 5.73. The quantitative estimate of drug-likeness (QED) is 0.726. The molecule has 1 aliphatic carbocycles. The fourth-order valence-corrected chi connectivity index (χ4v) is 2.35. The molecule has 19 heavy (non-hydrogen) atoms. The Morgan fingerprint density at radius 3 is 2.84 bits per heavy atom. The molecule has 0 bridgehead atoms. The van der Waals surface area contributed by atoms with E-state index in [1.54, 1.807) is 0 Å². The molecule has 0 amide bonds. The first-order chi connectivity index (χ1) is 9.15. The van der Waals surface area contributed by atoms with Crippen LogP contribution in [-0.4, -0.2) is 12.6 Å². The summed E-state index contributed by atoms with van der Waals surface area (Å²) in [5.74, 6) is 2.88. The third-order valence-electron chi connectivity index (χ3n) is 3.91. The van der Waals surface area contributed by atoms with E-state index < -0.39 is 0 Å². The zero-order chi connectivity index (χ0) is 13.7. The zero-order valence-corrected chi connectivity index (χ0v) is 12.5. The van der Waals surface area contributed by atoms with E-state index in [0.717, 1.165) is 30.6 Å². The predicted octanol–water partition coefficient (Wildman–Crippen LogP) is 3.79. The second kappa shape index (κ2) is 7.11. The highest BCUT2D eigenvalue weighted by Crippen LogP contribution is 2.29. The summed E-state index contributed by atoms with van der Waals surface area (Å²) in [7, 11) is 0. The van der Waals surface area contributed by atoms with E-state index in [4.69, 9.17) is 9.15 Å².